The monoisotopic (exact) mass is 319 g/mol. The molecule has 1 fully saturated rings. The van der Waals surface area contributed by atoms with Crippen LogP contribution in [-0.2, 0) is 6.54 Å². The molecule has 0 bridgehead atoms. The Bertz CT molecular complexity index is 598. The van der Waals surface area contributed by atoms with Gasteiger partial charge in [-0.3, -0.25) is 0 Å². The first-order valence-corrected chi connectivity index (χ1v) is 9.33. The molecule has 0 amide bonds. The Kier molecular flexibility index (Phi) is 6.26. The molecule has 0 aliphatic heterocycles. The number of hydrogen-bond donors (Lipinski definition) is 1. The fourth-order valence-corrected chi connectivity index (χ4v) is 4.08. The summed E-state index contributed by atoms with van der Waals surface area (Å²) in [7, 11) is 0. The quantitative estimate of drug-likeness (QED) is 0.626. The maximum absolute atomic E-state index is 4.20. The molecule has 0 spiro atoms. The second-order valence-corrected chi connectivity index (χ2v) is 6.97. The molecule has 3 rings (SSSR count). The van der Waals surface area contributed by atoms with Crippen LogP contribution >= 0.6 is 0 Å². The highest BCUT2D eigenvalue weighted by molar-refractivity contribution is 5.22. The minimum Gasteiger partial charge on any atom is -0.305 e. The third kappa shape index (κ3) is 4.36. The van der Waals surface area contributed by atoms with E-state index in [0.717, 1.165) is 12.5 Å². The summed E-state index contributed by atoms with van der Waals surface area (Å²) < 4.78 is 0. The highest BCUT2D eigenvalue weighted by Crippen LogP contribution is 2.37. The second kappa shape index (κ2) is 8.84. The Morgan fingerprint density at radius 1 is 0.917 bits per heavy atom. The van der Waals surface area contributed by atoms with Crippen molar-refractivity contribution in [2.75, 3.05) is 0 Å². The van der Waals surface area contributed by atoms with Gasteiger partial charge in [-0.1, -0.05) is 86.0 Å². The van der Waals surface area contributed by atoms with Crippen LogP contribution in [0.25, 0.3) is 0 Å². The van der Waals surface area contributed by atoms with E-state index in [9.17, 15) is 0 Å². The Hall–Kier alpha value is -1.86. The fraction of sp³-hybridized carbons (Fsp3) is 0.391. The van der Waals surface area contributed by atoms with E-state index in [2.05, 4.69) is 78.6 Å². The zero-order chi connectivity index (χ0) is 16.6. The van der Waals surface area contributed by atoms with Gasteiger partial charge in [-0.05, 0) is 35.8 Å². The fourth-order valence-electron chi connectivity index (χ4n) is 4.08. The van der Waals surface area contributed by atoms with Crippen molar-refractivity contribution >= 4 is 0 Å². The molecule has 0 saturated heterocycles. The van der Waals surface area contributed by atoms with Gasteiger partial charge in [-0.25, -0.2) is 0 Å². The van der Waals surface area contributed by atoms with Crippen LogP contribution < -0.4 is 5.32 Å². The first-order chi connectivity index (χ1) is 11.9. The maximum atomic E-state index is 4.20. The highest BCUT2D eigenvalue weighted by atomic mass is 14.9. The van der Waals surface area contributed by atoms with Gasteiger partial charge in [-0.15, -0.1) is 6.58 Å². The van der Waals surface area contributed by atoms with Gasteiger partial charge in [0.2, 0.25) is 0 Å². The maximum Gasteiger partial charge on any atom is 0.0388 e. The molecule has 2 atom stereocenters. The number of hydrogen-bond acceptors (Lipinski definition) is 1. The lowest BCUT2D eigenvalue weighted by molar-refractivity contribution is 0.235. The normalized spacial score (nSPS) is 18.0. The van der Waals surface area contributed by atoms with E-state index in [1.165, 1.54) is 43.2 Å². The lowest BCUT2D eigenvalue weighted by Crippen LogP contribution is -2.32. The van der Waals surface area contributed by atoms with Gasteiger partial charge in [0.15, 0.2) is 0 Å². The van der Waals surface area contributed by atoms with Crippen LogP contribution in [0.2, 0.25) is 0 Å². The molecule has 24 heavy (non-hydrogen) atoms. The Labute approximate surface area is 146 Å². The van der Waals surface area contributed by atoms with Gasteiger partial charge in [0, 0.05) is 12.6 Å². The van der Waals surface area contributed by atoms with Crippen molar-refractivity contribution in [2.45, 2.75) is 44.7 Å². The van der Waals surface area contributed by atoms with Crippen LogP contribution in [0.1, 0.15) is 49.3 Å². The molecular weight excluding hydrogens is 290 g/mol. The summed E-state index contributed by atoms with van der Waals surface area (Å²) >= 11 is 0. The standard InChI is InChI=1S/C23H29N/c1-2-22(20-14-8-4-9-15-20)23(21-16-10-5-11-17-21)24-18-19-12-6-3-7-13-19/h2-3,5-7,10-13,16-17,20,22-24H,1,4,8-9,14-15,18H2/t22-,23+/m1/s1. The molecule has 2 aromatic carbocycles. The zero-order valence-corrected chi connectivity index (χ0v) is 14.5. The molecule has 1 aliphatic carbocycles. The average molecular weight is 319 g/mol. The van der Waals surface area contributed by atoms with Gasteiger partial charge >= 0.3 is 0 Å². The minimum atomic E-state index is 0.340. The van der Waals surface area contributed by atoms with Crippen molar-refractivity contribution < 1.29 is 0 Å². The Morgan fingerprint density at radius 3 is 2.17 bits per heavy atom. The molecule has 0 heterocycles. The molecule has 1 aliphatic rings. The topological polar surface area (TPSA) is 12.0 Å². The van der Waals surface area contributed by atoms with Crippen molar-refractivity contribution in [3.05, 3.63) is 84.4 Å². The SMILES string of the molecule is C=C[C@H](C1CCCCC1)[C@@H](NCc1ccccc1)c1ccccc1. The van der Waals surface area contributed by atoms with Gasteiger partial charge in [0.25, 0.3) is 0 Å². The Morgan fingerprint density at radius 2 is 1.54 bits per heavy atom. The molecule has 2 aromatic rings. The molecule has 0 unspecified atom stereocenters. The number of benzene rings is 2. The average Bonchev–Trinajstić information content (AvgIpc) is 2.67. The molecule has 1 nitrogen and oxygen atoms in total. The summed E-state index contributed by atoms with van der Waals surface area (Å²) in [5.41, 5.74) is 2.72. The van der Waals surface area contributed by atoms with Crippen molar-refractivity contribution in [3.8, 4) is 0 Å². The predicted molar refractivity (Wildman–Crippen MR) is 103 cm³/mol. The van der Waals surface area contributed by atoms with E-state index in [0.29, 0.717) is 12.0 Å². The molecular formula is C23H29N. The number of rotatable bonds is 7. The van der Waals surface area contributed by atoms with Crippen LogP contribution in [0.5, 0.6) is 0 Å². The summed E-state index contributed by atoms with van der Waals surface area (Å²) in [5.74, 6) is 1.25. The lowest BCUT2D eigenvalue weighted by atomic mass is 9.75. The molecule has 126 valence electrons. The molecule has 0 aromatic heterocycles. The molecule has 1 N–H and O–H groups in total. The highest BCUT2D eigenvalue weighted by Gasteiger charge is 2.29. The van der Waals surface area contributed by atoms with E-state index in [1.807, 2.05) is 0 Å². The predicted octanol–water partition coefficient (Wildman–Crippen LogP) is 5.90. The van der Waals surface area contributed by atoms with Crippen molar-refractivity contribution in [1.29, 1.82) is 0 Å². The van der Waals surface area contributed by atoms with Crippen molar-refractivity contribution in [2.24, 2.45) is 11.8 Å². The van der Waals surface area contributed by atoms with Crippen LogP contribution in [0.4, 0.5) is 0 Å². The third-order valence-electron chi connectivity index (χ3n) is 5.38. The van der Waals surface area contributed by atoms with Crippen LogP contribution in [-0.4, -0.2) is 0 Å². The van der Waals surface area contributed by atoms with Crippen LogP contribution in [0.3, 0.4) is 0 Å². The van der Waals surface area contributed by atoms with Gasteiger partial charge in [0.1, 0.15) is 0 Å². The van der Waals surface area contributed by atoms with Crippen molar-refractivity contribution in [3.63, 3.8) is 0 Å². The summed E-state index contributed by atoms with van der Waals surface area (Å²) in [6.07, 6.45) is 9.02. The van der Waals surface area contributed by atoms with Gasteiger partial charge in [0.05, 0.1) is 0 Å². The minimum absolute atomic E-state index is 0.340. The smallest absolute Gasteiger partial charge is 0.0388 e. The first kappa shape index (κ1) is 17.0. The Balaban J connectivity index is 1.79. The van der Waals surface area contributed by atoms with Gasteiger partial charge in [-0.2, -0.15) is 0 Å². The van der Waals surface area contributed by atoms with Crippen LogP contribution in [0, 0.1) is 11.8 Å². The summed E-state index contributed by atoms with van der Waals surface area (Å²) in [4.78, 5) is 0. The molecule has 1 saturated carbocycles. The zero-order valence-electron chi connectivity index (χ0n) is 14.5. The first-order valence-electron chi connectivity index (χ1n) is 9.33. The molecule has 1 heteroatoms. The van der Waals surface area contributed by atoms with E-state index >= 15 is 0 Å². The lowest BCUT2D eigenvalue weighted by Gasteiger charge is -2.35. The van der Waals surface area contributed by atoms with Gasteiger partial charge < -0.3 is 5.32 Å². The van der Waals surface area contributed by atoms with E-state index < -0.39 is 0 Å². The van der Waals surface area contributed by atoms with E-state index in [1.54, 1.807) is 0 Å². The summed E-state index contributed by atoms with van der Waals surface area (Å²) in [6.45, 7) is 5.10. The largest absolute Gasteiger partial charge is 0.305 e. The van der Waals surface area contributed by atoms with E-state index in [4.69, 9.17) is 0 Å². The summed E-state index contributed by atoms with van der Waals surface area (Å²) in [6, 6.07) is 21.9. The number of nitrogens with one attached hydrogen (secondary N) is 1. The van der Waals surface area contributed by atoms with E-state index in [-0.39, 0.29) is 0 Å². The molecule has 0 radical (unpaired) electrons. The van der Waals surface area contributed by atoms with Crippen LogP contribution in [0.15, 0.2) is 73.3 Å². The summed E-state index contributed by atoms with van der Waals surface area (Å²) in [5, 5.41) is 3.83. The third-order valence-corrected chi connectivity index (χ3v) is 5.38. The second-order valence-electron chi connectivity index (χ2n) is 6.97. The van der Waals surface area contributed by atoms with Crippen molar-refractivity contribution in [1.82, 2.24) is 5.32 Å².